The zero-order valence-corrected chi connectivity index (χ0v) is 19.7. The van der Waals surface area contributed by atoms with Crippen LogP contribution < -0.4 is 10.2 Å². The van der Waals surface area contributed by atoms with Gasteiger partial charge in [-0.1, -0.05) is 48.0 Å². The molecular weight excluding hydrogens is 444 g/mol. The van der Waals surface area contributed by atoms with Crippen LogP contribution in [0, 0.1) is 13.8 Å². The fourth-order valence-electron chi connectivity index (χ4n) is 4.10. The standard InChI is InChI=1S/C28H26N2O5/c1-18-13-14-19(2)22(16-18)27(33)20-8-3-4-9-21(20)28(34)35-17-25(31)29-23-10-5-6-11-24(23)30-15-7-12-26(30)32/h3-6,8-11,13-14,16H,7,12,15,17H2,1-2H3,(H,29,31). The summed E-state index contributed by atoms with van der Waals surface area (Å²) in [7, 11) is 0. The molecule has 0 atom stereocenters. The predicted octanol–water partition coefficient (Wildman–Crippen LogP) is 4.46. The summed E-state index contributed by atoms with van der Waals surface area (Å²) in [6, 6.07) is 19.0. The van der Waals surface area contributed by atoms with Gasteiger partial charge < -0.3 is 15.0 Å². The van der Waals surface area contributed by atoms with Gasteiger partial charge in [-0.05, 0) is 50.1 Å². The van der Waals surface area contributed by atoms with Crippen LogP contribution >= 0.6 is 0 Å². The minimum absolute atomic E-state index is 0.00301. The maximum absolute atomic E-state index is 13.2. The number of esters is 1. The Morgan fingerprint density at radius 3 is 2.37 bits per heavy atom. The summed E-state index contributed by atoms with van der Waals surface area (Å²) in [5.41, 5.74) is 3.63. The van der Waals surface area contributed by atoms with Crippen molar-refractivity contribution in [1.82, 2.24) is 0 Å². The quantitative estimate of drug-likeness (QED) is 0.407. The van der Waals surface area contributed by atoms with Crippen LogP contribution in [-0.2, 0) is 14.3 Å². The van der Waals surface area contributed by atoms with Crippen LogP contribution in [0.2, 0.25) is 0 Å². The largest absolute Gasteiger partial charge is 0.452 e. The highest BCUT2D eigenvalue weighted by Gasteiger charge is 2.25. The Bertz CT molecular complexity index is 1310. The van der Waals surface area contributed by atoms with Gasteiger partial charge >= 0.3 is 5.97 Å². The molecule has 35 heavy (non-hydrogen) atoms. The van der Waals surface area contributed by atoms with Gasteiger partial charge in [-0.3, -0.25) is 14.4 Å². The summed E-state index contributed by atoms with van der Waals surface area (Å²) >= 11 is 0. The number of nitrogens with zero attached hydrogens (tertiary/aromatic N) is 1. The molecule has 7 heteroatoms. The lowest BCUT2D eigenvalue weighted by Gasteiger charge is -2.20. The zero-order chi connectivity index (χ0) is 24.9. The minimum atomic E-state index is -0.766. The topological polar surface area (TPSA) is 92.8 Å². The SMILES string of the molecule is Cc1ccc(C)c(C(=O)c2ccccc2C(=O)OCC(=O)Nc2ccccc2N2CCCC2=O)c1. The molecule has 1 N–H and O–H groups in total. The van der Waals surface area contributed by atoms with Gasteiger partial charge in [0.05, 0.1) is 16.9 Å². The van der Waals surface area contributed by atoms with Crippen LogP contribution in [0.1, 0.15) is 50.2 Å². The molecule has 0 bridgehead atoms. The average molecular weight is 471 g/mol. The van der Waals surface area contributed by atoms with Crippen molar-refractivity contribution in [1.29, 1.82) is 0 Å². The first-order valence-electron chi connectivity index (χ1n) is 11.4. The van der Waals surface area contributed by atoms with Crippen molar-refractivity contribution in [2.75, 3.05) is 23.4 Å². The number of nitrogens with one attached hydrogen (secondary N) is 1. The third kappa shape index (κ3) is 5.30. The van der Waals surface area contributed by atoms with Crippen molar-refractivity contribution < 1.29 is 23.9 Å². The lowest BCUT2D eigenvalue weighted by Crippen LogP contribution is -2.27. The second-order valence-corrected chi connectivity index (χ2v) is 8.48. The summed E-state index contributed by atoms with van der Waals surface area (Å²) in [4.78, 5) is 52.3. The highest BCUT2D eigenvalue weighted by Crippen LogP contribution is 2.29. The lowest BCUT2D eigenvalue weighted by molar-refractivity contribution is -0.119. The van der Waals surface area contributed by atoms with Gasteiger partial charge in [-0.25, -0.2) is 4.79 Å². The minimum Gasteiger partial charge on any atom is -0.452 e. The number of rotatable bonds is 7. The number of ether oxygens (including phenoxy) is 1. The van der Waals surface area contributed by atoms with Crippen molar-refractivity contribution in [2.45, 2.75) is 26.7 Å². The lowest BCUT2D eigenvalue weighted by atomic mass is 9.94. The smallest absolute Gasteiger partial charge is 0.339 e. The highest BCUT2D eigenvalue weighted by atomic mass is 16.5. The highest BCUT2D eigenvalue weighted by molar-refractivity contribution is 6.15. The van der Waals surface area contributed by atoms with Crippen LogP contribution in [0.5, 0.6) is 0 Å². The van der Waals surface area contributed by atoms with E-state index in [2.05, 4.69) is 5.32 Å². The van der Waals surface area contributed by atoms with E-state index in [4.69, 9.17) is 4.74 Å². The molecule has 7 nitrogen and oxygen atoms in total. The molecule has 3 aromatic rings. The molecule has 178 valence electrons. The van der Waals surface area contributed by atoms with E-state index in [1.807, 2.05) is 26.0 Å². The summed E-state index contributed by atoms with van der Waals surface area (Å²) in [5.74, 6) is -1.59. The summed E-state index contributed by atoms with van der Waals surface area (Å²) in [6.45, 7) is 3.79. The summed E-state index contributed by atoms with van der Waals surface area (Å²) in [6.07, 6.45) is 1.24. The molecular formula is C28H26N2O5. The molecule has 0 aliphatic carbocycles. The van der Waals surface area contributed by atoms with Crippen LogP contribution in [0.3, 0.4) is 0 Å². The molecule has 1 heterocycles. The van der Waals surface area contributed by atoms with Crippen molar-refractivity contribution in [3.8, 4) is 0 Å². The summed E-state index contributed by atoms with van der Waals surface area (Å²) < 4.78 is 5.25. The van der Waals surface area contributed by atoms with Gasteiger partial charge in [0.1, 0.15) is 0 Å². The van der Waals surface area contributed by atoms with E-state index in [-0.39, 0.29) is 22.8 Å². The van der Waals surface area contributed by atoms with Gasteiger partial charge in [0.15, 0.2) is 12.4 Å². The monoisotopic (exact) mass is 470 g/mol. The van der Waals surface area contributed by atoms with E-state index < -0.39 is 18.5 Å². The molecule has 1 saturated heterocycles. The van der Waals surface area contributed by atoms with E-state index in [1.165, 1.54) is 6.07 Å². The van der Waals surface area contributed by atoms with Crippen LogP contribution in [0.25, 0.3) is 0 Å². The summed E-state index contributed by atoms with van der Waals surface area (Å²) in [5, 5.41) is 2.71. The van der Waals surface area contributed by atoms with Crippen LogP contribution in [0.4, 0.5) is 11.4 Å². The third-order valence-corrected chi connectivity index (χ3v) is 5.91. The molecule has 1 aliphatic heterocycles. The molecule has 0 spiro atoms. The first-order valence-corrected chi connectivity index (χ1v) is 11.4. The van der Waals surface area contributed by atoms with Crippen LogP contribution in [-0.4, -0.2) is 36.7 Å². The number of hydrogen-bond acceptors (Lipinski definition) is 5. The van der Waals surface area contributed by atoms with Crippen molar-refractivity contribution in [3.05, 3.63) is 94.5 Å². The Labute approximate surface area is 203 Å². The number of benzene rings is 3. The molecule has 0 unspecified atom stereocenters. The number of ketones is 1. The van der Waals surface area contributed by atoms with Gasteiger partial charge in [0.25, 0.3) is 5.91 Å². The number of para-hydroxylation sites is 2. The first-order chi connectivity index (χ1) is 16.8. The second-order valence-electron chi connectivity index (χ2n) is 8.48. The first kappa shape index (κ1) is 23.9. The number of carbonyl (C=O) groups excluding carboxylic acids is 4. The van der Waals surface area contributed by atoms with Gasteiger partial charge in [0.2, 0.25) is 5.91 Å². The Kier molecular flexibility index (Phi) is 7.06. The third-order valence-electron chi connectivity index (χ3n) is 5.91. The van der Waals surface area contributed by atoms with E-state index in [0.29, 0.717) is 29.9 Å². The van der Waals surface area contributed by atoms with E-state index in [0.717, 1.165) is 17.5 Å². The molecule has 3 aromatic carbocycles. The fraction of sp³-hybridized carbons (Fsp3) is 0.214. The normalized spacial score (nSPS) is 13.0. The van der Waals surface area contributed by atoms with E-state index >= 15 is 0 Å². The number of aryl methyl sites for hydroxylation is 2. The molecule has 2 amide bonds. The fourth-order valence-corrected chi connectivity index (χ4v) is 4.10. The zero-order valence-electron chi connectivity index (χ0n) is 19.7. The Balaban J connectivity index is 1.46. The maximum atomic E-state index is 13.2. The Morgan fingerprint density at radius 2 is 1.63 bits per heavy atom. The Morgan fingerprint density at radius 1 is 0.914 bits per heavy atom. The molecule has 1 fully saturated rings. The van der Waals surface area contributed by atoms with Gasteiger partial charge in [-0.2, -0.15) is 0 Å². The number of amides is 2. The predicted molar refractivity (Wildman–Crippen MR) is 133 cm³/mol. The van der Waals surface area contributed by atoms with Gasteiger partial charge in [-0.15, -0.1) is 0 Å². The molecule has 0 aromatic heterocycles. The molecule has 0 radical (unpaired) electrons. The number of hydrogen-bond donors (Lipinski definition) is 1. The number of anilines is 2. The van der Waals surface area contributed by atoms with Crippen molar-refractivity contribution >= 4 is 34.9 Å². The average Bonchev–Trinajstić information content (AvgIpc) is 3.29. The molecule has 0 saturated carbocycles. The van der Waals surface area contributed by atoms with Crippen LogP contribution in [0.15, 0.2) is 66.7 Å². The van der Waals surface area contributed by atoms with E-state index in [1.54, 1.807) is 53.4 Å². The Hall–Kier alpha value is -4.26. The molecule has 4 rings (SSSR count). The van der Waals surface area contributed by atoms with E-state index in [9.17, 15) is 19.2 Å². The maximum Gasteiger partial charge on any atom is 0.339 e. The number of carbonyl (C=O) groups is 4. The van der Waals surface area contributed by atoms with Crippen molar-refractivity contribution in [2.24, 2.45) is 0 Å². The van der Waals surface area contributed by atoms with Gasteiger partial charge in [0, 0.05) is 24.1 Å². The second kappa shape index (κ2) is 10.3. The molecule has 1 aliphatic rings. The van der Waals surface area contributed by atoms with Crippen molar-refractivity contribution in [3.63, 3.8) is 0 Å².